The molecule has 2 aromatic rings. The molecule has 2 fully saturated rings. The van der Waals surface area contributed by atoms with Crippen LogP contribution in [-0.4, -0.2) is 42.6 Å². The van der Waals surface area contributed by atoms with Crippen LogP contribution >= 0.6 is 0 Å². The summed E-state index contributed by atoms with van der Waals surface area (Å²) >= 11 is 0. The summed E-state index contributed by atoms with van der Waals surface area (Å²) in [5.74, 6) is 0.873. The van der Waals surface area contributed by atoms with Crippen LogP contribution in [-0.2, 0) is 0 Å². The first-order valence-corrected chi connectivity index (χ1v) is 7.27. The fourth-order valence-electron chi connectivity index (χ4n) is 3.51. The van der Waals surface area contributed by atoms with Crippen molar-refractivity contribution in [3.05, 3.63) is 48.8 Å². The third-order valence-corrected chi connectivity index (χ3v) is 4.72. The van der Waals surface area contributed by atoms with Gasteiger partial charge in [0.1, 0.15) is 0 Å². The van der Waals surface area contributed by atoms with Gasteiger partial charge in [0.25, 0.3) is 0 Å². The quantitative estimate of drug-likeness (QED) is 0.831. The summed E-state index contributed by atoms with van der Waals surface area (Å²) in [6.45, 7) is 3.64. The van der Waals surface area contributed by atoms with Crippen molar-refractivity contribution in [2.75, 3.05) is 31.6 Å². The van der Waals surface area contributed by atoms with Gasteiger partial charge in [0, 0.05) is 49.7 Å². The lowest BCUT2D eigenvalue weighted by Crippen LogP contribution is -2.52. The predicted molar refractivity (Wildman–Crippen MR) is 81.8 cm³/mol. The van der Waals surface area contributed by atoms with E-state index >= 15 is 0 Å². The molecular weight excluding hydrogens is 246 g/mol. The molecule has 0 spiro atoms. The molecule has 0 radical (unpaired) electrons. The van der Waals surface area contributed by atoms with Crippen molar-refractivity contribution in [2.45, 2.75) is 6.04 Å². The monoisotopic (exact) mass is 265 g/mol. The molecular formula is C17H19N3. The Morgan fingerprint density at radius 3 is 2.50 bits per heavy atom. The Bertz CT molecular complexity index is 593. The van der Waals surface area contributed by atoms with Crippen LogP contribution in [0.25, 0.3) is 11.1 Å². The molecule has 1 aromatic heterocycles. The SMILES string of the molecule is CN1CC2CN(c3ccc(-c4cccnc4)cc3)CC21. The molecule has 20 heavy (non-hydrogen) atoms. The zero-order valence-corrected chi connectivity index (χ0v) is 11.7. The van der Waals surface area contributed by atoms with E-state index in [0.717, 1.165) is 12.0 Å². The first-order chi connectivity index (χ1) is 9.81. The first kappa shape index (κ1) is 11.9. The Morgan fingerprint density at radius 1 is 1.00 bits per heavy atom. The van der Waals surface area contributed by atoms with Crippen LogP contribution in [0.4, 0.5) is 5.69 Å². The van der Waals surface area contributed by atoms with E-state index in [2.05, 4.69) is 52.2 Å². The fraction of sp³-hybridized carbons (Fsp3) is 0.353. The summed E-state index contributed by atoms with van der Waals surface area (Å²) in [6, 6.07) is 13.8. The summed E-state index contributed by atoms with van der Waals surface area (Å²) in [7, 11) is 2.23. The average Bonchev–Trinajstić information content (AvgIpc) is 2.86. The van der Waals surface area contributed by atoms with E-state index < -0.39 is 0 Å². The highest BCUT2D eigenvalue weighted by Gasteiger charge is 2.43. The van der Waals surface area contributed by atoms with Crippen LogP contribution in [0.5, 0.6) is 0 Å². The maximum Gasteiger partial charge on any atom is 0.0367 e. The zero-order valence-electron chi connectivity index (χ0n) is 11.7. The average molecular weight is 265 g/mol. The number of hydrogen-bond acceptors (Lipinski definition) is 3. The van der Waals surface area contributed by atoms with E-state index in [4.69, 9.17) is 0 Å². The van der Waals surface area contributed by atoms with Gasteiger partial charge in [-0.25, -0.2) is 0 Å². The maximum atomic E-state index is 4.18. The molecule has 0 bridgehead atoms. The third-order valence-electron chi connectivity index (χ3n) is 4.72. The van der Waals surface area contributed by atoms with Crippen molar-refractivity contribution in [3.8, 4) is 11.1 Å². The molecule has 0 saturated carbocycles. The molecule has 2 saturated heterocycles. The van der Waals surface area contributed by atoms with Crippen LogP contribution in [0.2, 0.25) is 0 Å². The molecule has 3 heteroatoms. The lowest BCUT2D eigenvalue weighted by Gasteiger charge is -2.40. The van der Waals surface area contributed by atoms with Crippen molar-refractivity contribution in [3.63, 3.8) is 0 Å². The van der Waals surface area contributed by atoms with Crippen molar-refractivity contribution in [1.82, 2.24) is 9.88 Å². The van der Waals surface area contributed by atoms with Gasteiger partial charge in [0.2, 0.25) is 0 Å². The van der Waals surface area contributed by atoms with Gasteiger partial charge in [-0.2, -0.15) is 0 Å². The van der Waals surface area contributed by atoms with E-state index in [1.807, 2.05) is 18.5 Å². The van der Waals surface area contributed by atoms with E-state index in [1.165, 1.54) is 36.4 Å². The maximum absolute atomic E-state index is 4.18. The lowest BCUT2D eigenvalue weighted by molar-refractivity contribution is 0.0827. The third kappa shape index (κ3) is 1.90. The Hall–Kier alpha value is -1.87. The number of rotatable bonds is 2. The highest BCUT2D eigenvalue weighted by Crippen LogP contribution is 2.34. The Morgan fingerprint density at radius 2 is 1.85 bits per heavy atom. The van der Waals surface area contributed by atoms with Crippen LogP contribution in [0.3, 0.4) is 0 Å². The highest BCUT2D eigenvalue weighted by atomic mass is 15.3. The predicted octanol–water partition coefficient (Wildman–Crippen LogP) is 2.50. The lowest BCUT2D eigenvalue weighted by atomic mass is 9.93. The number of likely N-dealkylation sites (N-methyl/N-ethyl adjacent to an activating group) is 1. The van der Waals surface area contributed by atoms with Crippen molar-refractivity contribution < 1.29 is 0 Å². The van der Waals surface area contributed by atoms with Crippen LogP contribution < -0.4 is 4.90 Å². The first-order valence-electron chi connectivity index (χ1n) is 7.27. The number of benzene rings is 1. The molecule has 0 aliphatic carbocycles. The normalized spacial score (nSPS) is 25.4. The number of aromatic nitrogens is 1. The molecule has 102 valence electrons. The number of likely N-dealkylation sites (tertiary alicyclic amines) is 1. The summed E-state index contributed by atoms with van der Waals surface area (Å²) in [6.07, 6.45) is 3.73. The topological polar surface area (TPSA) is 19.4 Å². The molecule has 2 atom stereocenters. The Kier molecular flexibility index (Phi) is 2.74. The highest BCUT2D eigenvalue weighted by molar-refractivity contribution is 5.65. The van der Waals surface area contributed by atoms with Gasteiger partial charge in [-0.15, -0.1) is 0 Å². The van der Waals surface area contributed by atoms with E-state index in [1.54, 1.807) is 0 Å². The van der Waals surface area contributed by atoms with Crippen LogP contribution in [0, 0.1) is 5.92 Å². The van der Waals surface area contributed by atoms with Gasteiger partial charge in [0.15, 0.2) is 0 Å². The second-order valence-corrected chi connectivity index (χ2v) is 5.96. The summed E-state index contributed by atoms with van der Waals surface area (Å²) in [5, 5.41) is 0. The molecule has 0 N–H and O–H groups in total. The van der Waals surface area contributed by atoms with E-state index in [9.17, 15) is 0 Å². The number of hydrogen-bond donors (Lipinski definition) is 0. The zero-order chi connectivity index (χ0) is 13.5. The molecule has 2 aliphatic heterocycles. The van der Waals surface area contributed by atoms with Gasteiger partial charge in [0.05, 0.1) is 0 Å². The van der Waals surface area contributed by atoms with E-state index in [0.29, 0.717) is 0 Å². The van der Waals surface area contributed by atoms with Gasteiger partial charge in [-0.05, 0) is 36.4 Å². The molecule has 1 aromatic carbocycles. The molecule has 3 nitrogen and oxygen atoms in total. The van der Waals surface area contributed by atoms with Crippen molar-refractivity contribution in [1.29, 1.82) is 0 Å². The second kappa shape index (κ2) is 4.60. The Balaban J connectivity index is 1.54. The fourth-order valence-corrected chi connectivity index (χ4v) is 3.51. The largest absolute Gasteiger partial charge is 0.370 e. The van der Waals surface area contributed by atoms with Crippen molar-refractivity contribution in [2.24, 2.45) is 5.92 Å². The summed E-state index contributed by atoms with van der Waals surface area (Å²) < 4.78 is 0. The van der Waals surface area contributed by atoms with Gasteiger partial charge in [-0.1, -0.05) is 18.2 Å². The number of anilines is 1. The van der Waals surface area contributed by atoms with Gasteiger partial charge < -0.3 is 9.80 Å². The summed E-state index contributed by atoms with van der Waals surface area (Å²) in [4.78, 5) is 9.17. The minimum atomic E-state index is 0.771. The van der Waals surface area contributed by atoms with Gasteiger partial charge >= 0.3 is 0 Å². The van der Waals surface area contributed by atoms with Crippen molar-refractivity contribution >= 4 is 5.69 Å². The minimum absolute atomic E-state index is 0.771. The Labute approximate surface area is 119 Å². The summed E-state index contributed by atoms with van der Waals surface area (Å²) in [5.41, 5.74) is 3.77. The smallest absolute Gasteiger partial charge is 0.0367 e. The number of nitrogens with zero attached hydrogens (tertiary/aromatic N) is 3. The molecule has 3 heterocycles. The van der Waals surface area contributed by atoms with E-state index in [-0.39, 0.29) is 0 Å². The second-order valence-electron chi connectivity index (χ2n) is 5.96. The molecule has 2 aliphatic rings. The van der Waals surface area contributed by atoms with Gasteiger partial charge in [-0.3, -0.25) is 4.98 Å². The van der Waals surface area contributed by atoms with Crippen LogP contribution in [0.1, 0.15) is 0 Å². The molecule has 0 amide bonds. The molecule has 4 rings (SSSR count). The number of fused-ring (bicyclic) bond motifs is 1. The molecule has 2 unspecified atom stereocenters. The van der Waals surface area contributed by atoms with Crippen LogP contribution in [0.15, 0.2) is 48.8 Å². The number of pyridine rings is 1. The standard InChI is InChI=1S/C17H19N3/c1-19-10-15-11-20(12-17(15)19)16-6-4-13(5-7-16)14-3-2-8-18-9-14/h2-9,15,17H,10-12H2,1H3. The minimum Gasteiger partial charge on any atom is -0.370 e.